The number of rotatable bonds is 6. The summed E-state index contributed by atoms with van der Waals surface area (Å²) < 4.78 is 0. The van der Waals surface area contributed by atoms with Gasteiger partial charge in [0.25, 0.3) is 5.91 Å². The van der Waals surface area contributed by atoms with Crippen molar-refractivity contribution in [2.45, 2.75) is 33.7 Å². The van der Waals surface area contributed by atoms with E-state index in [1.54, 1.807) is 29.5 Å². The lowest BCUT2D eigenvalue weighted by Crippen LogP contribution is -2.47. The number of anilines is 1. The van der Waals surface area contributed by atoms with Crippen LogP contribution in [0.1, 0.15) is 34.6 Å². The van der Waals surface area contributed by atoms with Crippen LogP contribution in [0.15, 0.2) is 42.5 Å². The molecule has 3 N–H and O–H groups in total. The molecule has 7 heteroatoms. The van der Waals surface area contributed by atoms with Gasteiger partial charge in [-0.1, -0.05) is 31.5 Å². The van der Waals surface area contributed by atoms with E-state index in [4.69, 9.17) is 0 Å². The van der Waals surface area contributed by atoms with E-state index < -0.39 is 6.04 Å². The van der Waals surface area contributed by atoms with Crippen molar-refractivity contribution >= 4 is 29.0 Å². The third kappa shape index (κ3) is 4.67. The molecule has 0 fully saturated rings. The van der Waals surface area contributed by atoms with Crippen LogP contribution in [0.5, 0.6) is 0 Å². The lowest BCUT2D eigenvalue weighted by molar-refractivity contribution is -0.118. The maximum atomic E-state index is 12.7. The van der Waals surface area contributed by atoms with E-state index in [1.165, 1.54) is 4.88 Å². The monoisotopic (exact) mass is 396 g/mol. The second-order valence-corrected chi connectivity index (χ2v) is 8.42. The van der Waals surface area contributed by atoms with Gasteiger partial charge in [-0.2, -0.15) is 5.10 Å². The van der Waals surface area contributed by atoms with Gasteiger partial charge >= 0.3 is 0 Å². The molecular weight excluding hydrogens is 372 g/mol. The molecule has 0 spiro atoms. The van der Waals surface area contributed by atoms with Crippen LogP contribution in [0.25, 0.3) is 10.6 Å². The Morgan fingerprint density at radius 1 is 1.07 bits per heavy atom. The summed E-state index contributed by atoms with van der Waals surface area (Å²) in [4.78, 5) is 27.5. The van der Waals surface area contributed by atoms with Crippen LogP contribution < -0.4 is 10.6 Å². The lowest BCUT2D eigenvalue weighted by atomic mass is 10.0. The Kier molecular flexibility index (Phi) is 5.94. The summed E-state index contributed by atoms with van der Waals surface area (Å²) in [5.41, 5.74) is 2.45. The third-order valence-electron chi connectivity index (χ3n) is 4.38. The number of nitrogens with zero attached hydrogens (tertiary/aromatic N) is 1. The number of H-pyrrole nitrogens is 1. The molecule has 28 heavy (non-hydrogen) atoms. The third-order valence-corrected chi connectivity index (χ3v) is 5.42. The minimum Gasteiger partial charge on any atom is -0.340 e. The van der Waals surface area contributed by atoms with Gasteiger partial charge in [0.15, 0.2) is 5.82 Å². The number of aromatic nitrogens is 2. The second-order valence-electron chi connectivity index (χ2n) is 7.13. The van der Waals surface area contributed by atoms with Crippen molar-refractivity contribution in [3.8, 4) is 10.6 Å². The number of carbonyl (C=O) groups excluding carboxylic acids is 2. The van der Waals surface area contributed by atoms with Gasteiger partial charge in [-0.25, -0.2) is 0 Å². The lowest BCUT2D eigenvalue weighted by Gasteiger charge is -2.21. The molecule has 1 atom stereocenters. The average Bonchev–Trinajstić information content (AvgIpc) is 3.28. The maximum Gasteiger partial charge on any atom is 0.251 e. The first-order valence-electron chi connectivity index (χ1n) is 9.14. The molecule has 0 saturated heterocycles. The number of benzene rings is 1. The Hall–Kier alpha value is -2.93. The number of amides is 2. The van der Waals surface area contributed by atoms with Crippen LogP contribution in [-0.2, 0) is 4.79 Å². The number of hydrogen-bond donors (Lipinski definition) is 3. The van der Waals surface area contributed by atoms with Gasteiger partial charge in [0, 0.05) is 16.5 Å². The van der Waals surface area contributed by atoms with Crippen molar-refractivity contribution in [2.75, 3.05) is 5.32 Å². The molecule has 2 amide bonds. The van der Waals surface area contributed by atoms with Crippen LogP contribution in [0.4, 0.5) is 5.82 Å². The van der Waals surface area contributed by atoms with Crippen molar-refractivity contribution < 1.29 is 9.59 Å². The van der Waals surface area contributed by atoms with Gasteiger partial charge in [0.1, 0.15) is 6.04 Å². The molecular formula is C21H24N4O2S. The average molecular weight is 397 g/mol. The summed E-state index contributed by atoms with van der Waals surface area (Å²) in [5.74, 6) is -0.212. The Morgan fingerprint density at radius 3 is 2.39 bits per heavy atom. The highest BCUT2D eigenvalue weighted by molar-refractivity contribution is 7.15. The fourth-order valence-corrected chi connectivity index (χ4v) is 3.59. The summed E-state index contributed by atoms with van der Waals surface area (Å²) in [7, 11) is 0. The summed E-state index contributed by atoms with van der Waals surface area (Å²) in [6, 6.07) is 12.4. The fraction of sp³-hybridized carbons (Fsp3) is 0.286. The predicted octanol–water partition coefficient (Wildman–Crippen LogP) is 4.15. The molecule has 6 nitrogen and oxygen atoms in total. The Bertz CT molecular complexity index is 972. The highest BCUT2D eigenvalue weighted by atomic mass is 32.1. The van der Waals surface area contributed by atoms with Gasteiger partial charge in [-0.15, -0.1) is 11.3 Å². The van der Waals surface area contributed by atoms with Gasteiger partial charge in [-0.3, -0.25) is 14.7 Å². The van der Waals surface area contributed by atoms with Crippen LogP contribution in [0.2, 0.25) is 0 Å². The molecule has 0 bridgehead atoms. The zero-order valence-corrected chi connectivity index (χ0v) is 17.2. The number of nitrogens with one attached hydrogen (secondary N) is 3. The van der Waals surface area contributed by atoms with E-state index in [0.717, 1.165) is 16.1 Å². The minimum absolute atomic E-state index is 0.0762. The van der Waals surface area contributed by atoms with Crippen molar-refractivity contribution in [1.82, 2.24) is 15.5 Å². The van der Waals surface area contributed by atoms with Crippen LogP contribution >= 0.6 is 11.3 Å². The van der Waals surface area contributed by atoms with E-state index in [1.807, 2.05) is 52.0 Å². The van der Waals surface area contributed by atoms with E-state index in [9.17, 15) is 9.59 Å². The molecule has 0 radical (unpaired) electrons. The second kappa shape index (κ2) is 8.39. The topological polar surface area (TPSA) is 86.9 Å². The predicted molar refractivity (Wildman–Crippen MR) is 113 cm³/mol. The highest BCUT2D eigenvalue weighted by Gasteiger charge is 2.25. The maximum absolute atomic E-state index is 12.7. The minimum atomic E-state index is -0.669. The summed E-state index contributed by atoms with van der Waals surface area (Å²) in [6.45, 7) is 7.78. The molecule has 0 saturated carbocycles. The first-order valence-corrected chi connectivity index (χ1v) is 9.95. The van der Waals surface area contributed by atoms with Gasteiger partial charge < -0.3 is 10.6 Å². The zero-order chi connectivity index (χ0) is 20.3. The van der Waals surface area contributed by atoms with Gasteiger partial charge in [0.2, 0.25) is 5.91 Å². The molecule has 0 aliphatic carbocycles. The van der Waals surface area contributed by atoms with Gasteiger partial charge in [-0.05, 0) is 44.0 Å². The van der Waals surface area contributed by atoms with Crippen molar-refractivity contribution in [3.63, 3.8) is 0 Å². The van der Waals surface area contributed by atoms with Crippen LogP contribution in [0.3, 0.4) is 0 Å². The first kappa shape index (κ1) is 19.8. The zero-order valence-electron chi connectivity index (χ0n) is 16.4. The Morgan fingerprint density at radius 2 is 1.79 bits per heavy atom. The number of carbonyl (C=O) groups is 2. The molecule has 1 aromatic carbocycles. The number of thiophene rings is 1. The van der Waals surface area contributed by atoms with Crippen LogP contribution in [0, 0.1) is 19.8 Å². The highest BCUT2D eigenvalue weighted by Crippen LogP contribution is 2.27. The molecule has 2 heterocycles. The molecule has 3 rings (SSSR count). The summed E-state index contributed by atoms with van der Waals surface area (Å²) in [6.07, 6.45) is 0. The standard InChI is InChI=1S/C21H24N4O2S/c1-12(2)19(23-20(26)15-8-5-13(3)6-9-15)21(27)22-18-11-16(24-25-18)17-10-7-14(4)28-17/h5-12,19H,1-4H3,(H,23,26)(H2,22,24,25,27). The molecule has 146 valence electrons. The van der Waals surface area contributed by atoms with Crippen molar-refractivity contribution in [1.29, 1.82) is 0 Å². The van der Waals surface area contributed by atoms with Crippen molar-refractivity contribution in [2.24, 2.45) is 5.92 Å². The largest absolute Gasteiger partial charge is 0.340 e. The van der Waals surface area contributed by atoms with Crippen molar-refractivity contribution in [3.05, 3.63) is 58.5 Å². The van der Waals surface area contributed by atoms with E-state index in [2.05, 4.69) is 20.8 Å². The molecule has 0 aliphatic rings. The normalized spacial score (nSPS) is 12.0. The van der Waals surface area contributed by atoms with E-state index >= 15 is 0 Å². The molecule has 3 aromatic rings. The fourth-order valence-electron chi connectivity index (χ4n) is 2.76. The smallest absolute Gasteiger partial charge is 0.251 e. The number of aromatic amines is 1. The number of aryl methyl sites for hydroxylation is 2. The molecule has 0 aliphatic heterocycles. The van der Waals surface area contributed by atoms with E-state index in [0.29, 0.717) is 11.4 Å². The Labute approximate surface area is 168 Å². The SMILES string of the molecule is Cc1ccc(C(=O)NC(C(=O)Nc2cc(-c3ccc(C)s3)[nH]n2)C(C)C)cc1. The first-order chi connectivity index (χ1) is 13.3. The quantitative estimate of drug-likeness (QED) is 0.585. The van der Waals surface area contributed by atoms with Crippen LogP contribution in [-0.4, -0.2) is 28.1 Å². The summed E-state index contributed by atoms with van der Waals surface area (Å²) in [5, 5.41) is 12.7. The number of hydrogen-bond acceptors (Lipinski definition) is 4. The molecule has 2 aromatic heterocycles. The van der Waals surface area contributed by atoms with Gasteiger partial charge in [0.05, 0.1) is 10.6 Å². The Balaban J connectivity index is 1.68. The summed E-state index contributed by atoms with van der Waals surface area (Å²) >= 11 is 1.65. The van der Waals surface area contributed by atoms with E-state index in [-0.39, 0.29) is 17.7 Å². The molecule has 1 unspecified atom stereocenters.